The van der Waals surface area contributed by atoms with Gasteiger partial charge in [-0.1, -0.05) is 6.92 Å². The molecule has 1 atom stereocenters. The molecular formula is C19H24N4O2. The van der Waals surface area contributed by atoms with Gasteiger partial charge in [-0.05, 0) is 56.9 Å². The number of ketones is 1. The van der Waals surface area contributed by atoms with Crippen molar-refractivity contribution in [3.63, 3.8) is 0 Å². The highest BCUT2D eigenvalue weighted by atomic mass is 16.5. The number of aromatic nitrogens is 2. The minimum Gasteiger partial charge on any atom is -0.437 e. The van der Waals surface area contributed by atoms with Crippen molar-refractivity contribution in [2.75, 3.05) is 23.7 Å². The predicted octanol–water partition coefficient (Wildman–Crippen LogP) is 3.60. The molecule has 2 N–H and O–H groups in total. The first kappa shape index (κ1) is 17.2. The van der Waals surface area contributed by atoms with Gasteiger partial charge in [-0.15, -0.1) is 0 Å². The van der Waals surface area contributed by atoms with E-state index in [0.717, 1.165) is 25.3 Å². The Morgan fingerprint density at radius 3 is 2.64 bits per heavy atom. The zero-order valence-electron chi connectivity index (χ0n) is 15.0. The van der Waals surface area contributed by atoms with Crippen LogP contribution < -0.4 is 15.4 Å². The van der Waals surface area contributed by atoms with Gasteiger partial charge in [-0.2, -0.15) is 4.98 Å². The van der Waals surface area contributed by atoms with Crippen LogP contribution in [0.25, 0.3) is 0 Å². The Morgan fingerprint density at radius 2 is 2.00 bits per heavy atom. The van der Waals surface area contributed by atoms with Crippen molar-refractivity contribution in [1.29, 1.82) is 0 Å². The third-order valence-corrected chi connectivity index (χ3v) is 4.43. The van der Waals surface area contributed by atoms with Gasteiger partial charge in [-0.25, -0.2) is 4.98 Å². The first-order valence-corrected chi connectivity index (χ1v) is 8.62. The number of nitrogen functional groups attached to an aromatic ring is 1. The number of nitrogens with two attached hydrogens (primary N) is 1. The molecule has 1 aliphatic rings. The number of hydrogen-bond donors (Lipinski definition) is 1. The molecule has 1 aromatic carbocycles. The van der Waals surface area contributed by atoms with E-state index in [1.807, 2.05) is 6.92 Å². The largest absolute Gasteiger partial charge is 0.437 e. The predicted molar refractivity (Wildman–Crippen MR) is 98.3 cm³/mol. The van der Waals surface area contributed by atoms with Crippen LogP contribution in [0.15, 0.2) is 24.3 Å². The van der Waals surface area contributed by atoms with E-state index >= 15 is 0 Å². The van der Waals surface area contributed by atoms with E-state index in [2.05, 4.69) is 21.8 Å². The van der Waals surface area contributed by atoms with E-state index in [0.29, 0.717) is 34.6 Å². The van der Waals surface area contributed by atoms with Gasteiger partial charge in [0.25, 0.3) is 0 Å². The van der Waals surface area contributed by atoms with E-state index in [9.17, 15) is 4.79 Å². The Hall–Kier alpha value is -2.63. The highest BCUT2D eigenvalue weighted by Gasteiger charge is 2.22. The molecule has 1 saturated heterocycles. The average Bonchev–Trinajstić information content (AvgIpc) is 2.58. The van der Waals surface area contributed by atoms with Crippen molar-refractivity contribution >= 4 is 17.3 Å². The number of anilines is 2. The van der Waals surface area contributed by atoms with Crippen LogP contribution >= 0.6 is 0 Å². The summed E-state index contributed by atoms with van der Waals surface area (Å²) in [5, 5.41) is 0. The normalized spacial score (nSPS) is 17.4. The molecule has 1 aliphatic heterocycles. The van der Waals surface area contributed by atoms with Crippen molar-refractivity contribution in [1.82, 2.24) is 9.97 Å². The molecule has 2 aromatic rings. The number of piperidine rings is 1. The lowest BCUT2D eigenvalue weighted by atomic mass is 10.0. The smallest absolute Gasteiger partial charge is 0.248 e. The Bertz CT molecular complexity index is 774. The van der Waals surface area contributed by atoms with Crippen molar-refractivity contribution in [2.24, 2.45) is 5.92 Å². The number of carbonyl (C=O) groups excluding carboxylic acids is 1. The third kappa shape index (κ3) is 3.90. The lowest BCUT2D eigenvalue weighted by Gasteiger charge is -2.32. The number of rotatable bonds is 4. The number of carbonyl (C=O) groups is 1. The molecule has 25 heavy (non-hydrogen) atoms. The average molecular weight is 340 g/mol. The summed E-state index contributed by atoms with van der Waals surface area (Å²) >= 11 is 0. The maximum Gasteiger partial charge on any atom is 0.248 e. The number of nitrogens with zero attached hydrogens (tertiary/aromatic N) is 3. The minimum absolute atomic E-state index is 0.0189. The summed E-state index contributed by atoms with van der Waals surface area (Å²) in [6.45, 7) is 7.49. The van der Waals surface area contributed by atoms with Gasteiger partial charge in [0, 0.05) is 18.7 Å². The number of aryl methyl sites for hydroxylation is 1. The Morgan fingerprint density at radius 1 is 1.28 bits per heavy atom. The maximum absolute atomic E-state index is 11.4. The van der Waals surface area contributed by atoms with Gasteiger partial charge in [0.15, 0.2) is 11.6 Å². The van der Waals surface area contributed by atoms with Crippen LogP contribution in [0.1, 0.15) is 42.9 Å². The van der Waals surface area contributed by atoms with Gasteiger partial charge in [0.2, 0.25) is 5.88 Å². The monoisotopic (exact) mass is 340 g/mol. The van der Waals surface area contributed by atoms with Crippen LogP contribution in [0.5, 0.6) is 11.6 Å². The molecule has 0 radical (unpaired) electrons. The van der Waals surface area contributed by atoms with Gasteiger partial charge >= 0.3 is 0 Å². The molecule has 0 unspecified atom stereocenters. The molecule has 0 bridgehead atoms. The fourth-order valence-electron chi connectivity index (χ4n) is 3.11. The third-order valence-electron chi connectivity index (χ3n) is 4.43. The maximum atomic E-state index is 11.4. The number of ether oxygens (including phenoxy) is 1. The molecule has 6 nitrogen and oxygen atoms in total. The number of hydrogen-bond acceptors (Lipinski definition) is 6. The van der Waals surface area contributed by atoms with Crippen molar-refractivity contribution < 1.29 is 9.53 Å². The standard InChI is InChI=1S/C19H24N4O2/c1-12-5-4-10-23(11-12)18-17(20)19(22-14(3)21-18)25-16-8-6-15(7-9-16)13(2)24/h6-9,12H,4-5,10-11,20H2,1-3H3/t12-/m0/s1. The molecule has 3 rings (SSSR count). The van der Waals surface area contributed by atoms with Crippen molar-refractivity contribution in [3.05, 3.63) is 35.7 Å². The molecule has 0 spiro atoms. The SMILES string of the molecule is CC(=O)c1ccc(Oc2nc(C)nc(N3CCC[C@H](C)C3)c2N)cc1. The van der Waals surface area contributed by atoms with Crippen LogP contribution in [0.3, 0.4) is 0 Å². The zero-order valence-corrected chi connectivity index (χ0v) is 15.0. The molecule has 0 aliphatic carbocycles. The van der Waals surface area contributed by atoms with Crippen LogP contribution in [-0.2, 0) is 0 Å². The van der Waals surface area contributed by atoms with E-state index in [4.69, 9.17) is 10.5 Å². The summed E-state index contributed by atoms with van der Waals surface area (Å²) in [6.07, 6.45) is 2.36. The van der Waals surface area contributed by atoms with Crippen LogP contribution in [0.2, 0.25) is 0 Å². The summed E-state index contributed by atoms with van der Waals surface area (Å²) in [4.78, 5) is 22.5. The van der Waals surface area contributed by atoms with E-state index in [1.165, 1.54) is 13.3 Å². The summed E-state index contributed by atoms with van der Waals surface area (Å²) < 4.78 is 5.87. The quantitative estimate of drug-likeness (QED) is 0.857. The fourth-order valence-corrected chi connectivity index (χ4v) is 3.11. The Balaban J connectivity index is 1.87. The highest BCUT2D eigenvalue weighted by Crippen LogP contribution is 2.34. The second-order valence-corrected chi connectivity index (χ2v) is 6.69. The first-order chi connectivity index (χ1) is 11.9. The second-order valence-electron chi connectivity index (χ2n) is 6.69. The summed E-state index contributed by atoms with van der Waals surface area (Å²) in [5.41, 5.74) is 7.40. The van der Waals surface area contributed by atoms with Gasteiger partial charge in [0.1, 0.15) is 17.3 Å². The van der Waals surface area contributed by atoms with Crippen LogP contribution in [0.4, 0.5) is 11.5 Å². The molecular weight excluding hydrogens is 316 g/mol. The van der Waals surface area contributed by atoms with E-state index in [-0.39, 0.29) is 5.78 Å². The lowest BCUT2D eigenvalue weighted by molar-refractivity contribution is 0.101. The minimum atomic E-state index is 0.0189. The summed E-state index contributed by atoms with van der Waals surface area (Å²) in [7, 11) is 0. The van der Waals surface area contributed by atoms with Gasteiger partial charge in [-0.3, -0.25) is 4.79 Å². The molecule has 1 fully saturated rings. The van der Waals surface area contributed by atoms with Crippen LogP contribution in [-0.4, -0.2) is 28.8 Å². The summed E-state index contributed by atoms with van der Waals surface area (Å²) in [6, 6.07) is 6.96. The fraction of sp³-hybridized carbons (Fsp3) is 0.421. The molecule has 132 valence electrons. The summed E-state index contributed by atoms with van der Waals surface area (Å²) in [5.74, 6) is 2.95. The van der Waals surface area contributed by atoms with E-state index < -0.39 is 0 Å². The zero-order chi connectivity index (χ0) is 18.0. The van der Waals surface area contributed by atoms with E-state index in [1.54, 1.807) is 24.3 Å². The Labute approximate surface area is 148 Å². The topological polar surface area (TPSA) is 81.3 Å². The highest BCUT2D eigenvalue weighted by molar-refractivity contribution is 5.94. The second kappa shape index (κ2) is 7.09. The number of benzene rings is 1. The van der Waals surface area contributed by atoms with Crippen LogP contribution in [0, 0.1) is 12.8 Å². The molecule has 0 saturated carbocycles. The number of Topliss-reactive ketones (excluding diaryl/α,β-unsaturated/α-hetero) is 1. The lowest BCUT2D eigenvalue weighted by Crippen LogP contribution is -2.35. The molecule has 2 heterocycles. The molecule has 6 heteroatoms. The molecule has 1 aromatic heterocycles. The Kier molecular flexibility index (Phi) is 4.88. The molecule has 0 amide bonds. The van der Waals surface area contributed by atoms with Crippen molar-refractivity contribution in [3.8, 4) is 11.6 Å². The van der Waals surface area contributed by atoms with Gasteiger partial charge < -0.3 is 15.4 Å². The first-order valence-electron chi connectivity index (χ1n) is 8.62. The van der Waals surface area contributed by atoms with Crippen molar-refractivity contribution in [2.45, 2.75) is 33.6 Å². The van der Waals surface area contributed by atoms with Gasteiger partial charge in [0.05, 0.1) is 0 Å².